The van der Waals surface area contributed by atoms with Gasteiger partial charge in [0.05, 0.1) is 81.1 Å². The second-order valence-corrected chi connectivity index (χ2v) is 27.2. The minimum absolute atomic E-state index is 0.00407. The van der Waals surface area contributed by atoms with Gasteiger partial charge in [0.15, 0.2) is 6.29 Å². The topological polar surface area (TPSA) is 347 Å². The van der Waals surface area contributed by atoms with E-state index in [1.807, 2.05) is 51.0 Å². The van der Waals surface area contributed by atoms with E-state index in [0.29, 0.717) is 31.6 Å². The average Bonchev–Trinajstić information content (AvgIpc) is 0.793. The first kappa shape index (κ1) is 82.0. The predicted octanol–water partition coefficient (Wildman–Crippen LogP) is 4.96. The van der Waals surface area contributed by atoms with Crippen LogP contribution in [-0.2, 0) is 80.9 Å². The van der Waals surface area contributed by atoms with Gasteiger partial charge in [-0.25, -0.2) is 4.98 Å². The van der Waals surface area contributed by atoms with E-state index in [1.54, 1.807) is 69.2 Å². The molecule has 0 bridgehead atoms. The van der Waals surface area contributed by atoms with Crippen LogP contribution in [-0.4, -0.2) is 236 Å². The number of carboxylic acid groups (broad SMARTS) is 1. The lowest BCUT2D eigenvalue weighted by molar-refractivity contribution is -0.272. The molecule has 1 aliphatic heterocycles. The molecule has 1 saturated heterocycles. The Bertz CT molecular complexity index is 2320. The molecule has 1 amide bonds. The number of likely N-dealkylation sites (N-methyl/N-ethyl adjacent to an activating group) is 1. The summed E-state index contributed by atoms with van der Waals surface area (Å²) in [7, 11) is 9.78. The van der Waals surface area contributed by atoms with Crippen molar-refractivity contribution in [3.63, 3.8) is 0 Å². The Morgan fingerprint density at radius 3 is 1.83 bits per heavy atom. The van der Waals surface area contributed by atoms with E-state index in [0.717, 1.165) is 5.03 Å². The fourth-order valence-corrected chi connectivity index (χ4v) is 12.1. The fraction of sp³-hybridized carbons (Fsp3) is 0.803. The van der Waals surface area contributed by atoms with Crippen LogP contribution in [0, 0.1) is 21.7 Å². The van der Waals surface area contributed by atoms with Crippen molar-refractivity contribution in [1.82, 2.24) is 15.2 Å². The summed E-state index contributed by atoms with van der Waals surface area (Å²) in [5, 5.41) is 42.2. The highest BCUT2D eigenvalue weighted by molar-refractivity contribution is 8.76. The molecule has 25 nitrogen and oxygen atoms in total. The van der Waals surface area contributed by atoms with Crippen molar-refractivity contribution in [3.8, 4) is 0 Å². The number of esters is 5. The van der Waals surface area contributed by atoms with Crippen molar-refractivity contribution in [2.75, 3.05) is 119 Å². The van der Waals surface area contributed by atoms with Gasteiger partial charge in [0.1, 0.15) is 70.4 Å². The van der Waals surface area contributed by atoms with E-state index in [9.17, 15) is 54.0 Å². The average molecular weight is 1320 g/mol. The first-order valence-corrected chi connectivity index (χ1v) is 33.4. The van der Waals surface area contributed by atoms with Crippen LogP contribution in [0.3, 0.4) is 0 Å². The Labute approximate surface area is 542 Å². The van der Waals surface area contributed by atoms with Crippen LogP contribution in [0.2, 0.25) is 23.3 Å². The summed E-state index contributed by atoms with van der Waals surface area (Å²) in [6.07, 6.45) is -2.91. The minimum Gasteiger partial charge on any atom is -0.481 e. The Morgan fingerprint density at radius 1 is 0.689 bits per heavy atom. The molecule has 1 fully saturated rings. The summed E-state index contributed by atoms with van der Waals surface area (Å²) in [5.41, 5.74) is -0.848. The number of nitrogens with two attached hydrogens (primary N) is 1. The van der Waals surface area contributed by atoms with Gasteiger partial charge >= 0.3 is 35.8 Å². The number of aliphatic carboxylic acids is 1. The van der Waals surface area contributed by atoms with Gasteiger partial charge < -0.3 is 83.7 Å². The summed E-state index contributed by atoms with van der Waals surface area (Å²) >= 11 is 0. The van der Waals surface area contributed by atoms with Crippen molar-refractivity contribution < 1.29 is 101 Å². The Hall–Kier alpha value is -4.13. The van der Waals surface area contributed by atoms with Crippen molar-refractivity contribution in [2.45, 2.75) is 180 Å². The largest absolute Gasteiger partial charge is 0.481 e. The molecular weight excluding hydrogens is 1210 g/mol. The predicted molar refractivity (Wildman–Crippen MR) is 341 cm³/mol. The molecule has 5 unspecified atom stereocenters. The summed E-state index contributed by atoms with van der Waals surface area (Å²) in [6.45, 7) is 16.7. The van der Waals surface area contributed by atoms with Crippen LogP contribution < -0.4 is 11.1 Å². The molecule has 1 aromatic heterocycles. The Kier molecular flexibility index (Phi) is 37.8. The van der Waals surface area contributed by atoms with Gasteiger partial charge in [-0.1, -0.05) is 77.0 Å². The van der Waals surface area contributed by atoms with E-state index in [1.165, 1.54) is 28.5 Å². The van der Waals surface area contributed by atoms with Gasteiger partial charge in [0.25, 0.3) is 0 Å². The number of pyridine rings is 1. The molecule has 1 aliphatic rings. The highest BCUT2D eigenvalue weighted by Gasteiger charge is 2.56. The van der Waals surface area contributed by atoms with Crippen molar-refractivity contribution >= 4 is 77.9 Å². The monoisotopic (exact) mass is 1310 g/mol. The number of nitrogens with one attached hydrogen (secondary N) is 1. The molecule has 2 radical (unpaired) electrons. The third kappa shape index (κ3) is 27.8. The number of carbonyl (C=O) groups is 7. The summed E-state index contributed by atoms with van der Waals surface area (Å²) in [6, 6.07) is 4.45. The van der Waals surface area contributed by atoms with Crippen LogP contribution in [0.4, 0.5) is 0 Å². The zero-order valence-electron chi connectivity index (χ0n) is 55.3. The summed E-state index contributed by atoms with van der Waals surface area (Å²) < 4.78 is 57.1. The number of ether oxygens (including phenoxy) is 10. The zero-order valence-corrected chi connectivity index (χ0v) is 56.9. The number of aromatic nitrogens is 1. The molecule has 0 aromatic carbocycles. The molecule has 1 aromatic rings. The number of unbranched alkanes of at least 4 members (excludes halogenated alkanes) is 1. The molecule has 7 N–H and O–H groups in total. The number of aliphatic hydroxyl groups excluding tert-OH is 3. The molecular formula is C61H104B2N4O21S2. The molecule has 512 valence electrons. The number of rotatable bonds is 49. The van der Waals surface area contributed by atoms with Crippen LogP contribution in [0.1, 0.15) is 121 Å². The maximum absolute atomic E-state index is 14.9. The third-order valence-electron chi connectivity index (χ3n) is 15.7. The van der Waals surface area contributed by atoms with Crippen LogP contribution in [0.15, 0.2) is 29.4 Å². The van der Waals surface area contributed by atoms with E-state index < -0.39 is 111 Å². The van der Waals surface area contributed by atoms with Gasteiger partial charge in [-0.3, -0.25) is 33.6 Å². The lowest BCUT2D eigenvalue weighted by Crippen LogP contribution is -2.64. The quantitative estimate of drug-likeness (QED) is 0.0165. The standard InChI is InChI=1S/C61H104B2N4O21S2/c1-13-16-24-83-52(75)57(7,40-61(20-14-2,50(72)73)38-56(5,6)51(74)87-35-36-89-90-45-19-17-18-22-65-45)39-58(8,53(76)84-26-23-67(11)12)41-62-60(10,55(78)86-33-30-79-25-21-64)42-63-59(9,15-3)54(77)85-34-31-81-28-27-80-29-32-82-49-46(66-43(4)69)48(71)47(70)44(37-68)88-49/h17-19,22,44,46-49,68,70-71H,13-16,20-21,23-42,64H2,1-12H3,(H,66,69)(H,72,73)/t44-,46-,47+,48-,49-,57?,58?,59?,60?,61?/m1/s1. The normalized spacial score (nSPS) is 20.2. The van der Waals surface area contributed by atoms with E-state index in [4.69, 9.17) is 53.1 Å². The molecule has 10 atom stereocenters. The summed E-state index contributed by atoms with van der Waals surface area (Å²) in [4.78, 5) is 104. The van der Waals surface area contributed by atoms with Crippen molar-refractivity contribution in [2.24, 2.45) is 27.4 Å². The third-order valence-corrected chi connectivity index (χ3v) is 17.9. The van der Waals surface area contributed by atoms with Gasteiger partial charge in [0.2, 0.25) is 5.91 Å². The molecule has 90 heavy (non-hydrogen) atoms. The lowest BCUT2D eigenvalue weighted by atomic mass is 9.36. The SMILES string of the molecule is CCCCOC(=O)C(C)(CC(C)(C[B]C(C)(C[B]C(C)(CC)C(=O)OCCOCCOCCO[C@@H]1O[C@H](CO)[C@H](O)[C@H](O)[C@H]1NC(C)=O)C(=O)OCCOCCN)C(=O)OCCN(C)C)CC(CCC)(CC(C)(C)C(=O)OCCSSc1ccccn1)C(=O)O. The van der Waals surface area contributed by atoms with Gasteiger partial charge in [0, 0.05) is 42.6 Å². The first-order valence-electron chi connectivity index (χ1n) is 31.1. The fourth-order valence-electron chi connectivity index (χ4n) is 10.3. The van der Waals surface area contributed by atoms with Crippen molar-refractivity contribution in [1.29, 1.82) is 0 Å². The van der Waals surface area contributed by atoms with E-state index in [2.05, 4.69) is 10.3 Å². The molecule has 0 saturated carbocycles. The van der Waals surface area contributed by atoms with Crippen LogP contribution in [0.5, 0.6) is 0 Å². The van der Waals surface area contributed by atoms with Gasteiger partial charge in [-0.15, -0.1) is 0 Å². The van der Waals surface area contributed by atoms with Crippen LogP contribution >= 0.6 is 21.6 Å². The van der Waals surface area contributed by atoms with Gasteiger partial charge in [-0.2, -0.15) is 0 Å². The smallest absolute Gasteiger partial charge is 0.311 e. The van der Waals surface area contributed by atoms with Gasteiger partial charge in [-0.05, 0) is 103 Å². The Balaban J connectivity index is 2.41. The maximum atomic E-state index is 14.9. The number of hydrogen-bond acceptors (Lipinski definition) is 25. The number of aliphatic hydroxyl groups is 3. The Morgan fingerprint density at radius 2 is 1.27 bits per heavy atom. The number of hydrogen-bond donors (Lipinski definition) is 6. The van der Waals surface area contributed by atoms with Crippen molar-refractivity contribution in [3.05, 3.63) is 24.4 Å². The van der Waals surface area contributed by atoms with E-state index >= 15 is 0 Å². The summed E-state index contributed by atoms with van der Waals surface area (Å²) in [5.74, 6) is -4.70. The number of carboxylic acids is 1. The number of nitrogens with zero attached hydrogens (tertiary/aromatic N) is 2. The molecule has 2 rings (SSSR count). The second-order valence-electron chi connectivity index (χ2n) is 24.7. The molecule has 29 heteroatoms. The highest BCUT2D eigenvalue weighted by Crippen LogP contribution is 2.52. The zero-order chi connectivity index (χ0) is 67.6. The van der Waals surface area contributed by atoms with E-state index in [-0.39, 0.29) is 131 Å². The highest BCUT2D eigenvalue weighted by atomic mass is 33.1. The minimum atomic E-state index is -1.73. The second kappa shape index (κ2) is 41.5. The molecule has 0 aliphatic carbocycles. The first-order chi connectivity index (χ1) is 42.5. The molecule has 2 heterocycles. The van der Waals surface area contributed by atoms with Crippen LogP contribution in [0.25, 0.3) is 0 Å². The molecule has 0 spiro atoms. The number of amides is 1. The lowest BCUT2D eigenvalue weighted by Gasteiger charge is -2.44. The number of carbonyl (C=O) groups excluding carboxylic acids is 6. The maximum Gasteiger partial charge on any atom is 0.311 e.